The van der Waals surface area contributed by atoms with E-state index >= 15 is 0 Å². The lowest BCUT2D eigenvalue weighted by Crippen LogP contribution is -1.99. The molecule has 2 heteroatoms. The Morgan fingerprint density at radius 2 is 1.83 bits per heavy atom. The summed E-state index contributed by atoms with van der Waals surface area (Å²) in [4.78, 5) is 8.35. The van der Waals surface area contributed by atoms with Crippen LogP contribution in [0, 0.1) is 10.8 Å². The molecule has 0 saturated carbocycles. The van der Waals surface area contributed by atoms with Gasteiger partial charge in [0.1, 0.15) is 0 Å². The summed E-state index contributed by atoms with van der Waals surface area (Å²) >= 11 is 0. The summed E-state index contributed by atoms with van der Waals surface area (Å²) in [5.74, 6) is 0. The van der Waals surface area contributed by atoms with E-state index in [1.54, 1.807) is 0 Å². The third-order valence-electron chi connectivity index (χ3n) is 0.983. The maximum atomic E-state index is 8.35. The Hall–Kier alpha value is -1.14. The van der Waals surface area contributed by atoms with Crippen molar-refractivity contribution in [1.29, 1.82) is 5.41 Å². The molecule has 0 aromatic rings. The first kappa shape index (κ1) is 13.4. The summed E-state index contributed by atoms with van der Waals surface area (Å²) < 4.78 is 0. The molecule has 0 spiro atoms. The lowest BCUT2D eigenvalue weighted by atomic mass is 9.94. The van der Waals surface area contributed by atoms with Crippen LogP contribution in [0.3, 0.4) is 0 Å². The van der Waals surface area contributed by atoms with Crippen molar-refractivity contribution in [3.8, 4) is 0 Å². The molecule has 2 nitrogen and oxygen atoms in total. The quantitative estimate of drug-likeness (QED) is 0.364. The zero-order valence-electron chi connectivity index (χ0n) is 8.27. The van der Waals surface area contributed by atoms with Gasteiger partial charge in [0.2, 0.25) is 6.08 Å². The standard InChI is InChI=1S/C9H16.CHNO/c1-6-8(2)7-9(3,4)5;2-1-3/h6-7H,1H2,2-5H3;2H. The van der Waals surface area contributed by atoms with Crippen LogP contribution in [0.15, 0.2) is 24.3 Å². The van der Waals surface area contributed by atoms with E-state index in [2.05, 4.69) is 40.3 Å². The molecule has 0 aromatic carbocycles. The fourth-order valence-corrected chi connectivity index (χ4v) is 0.742. The number of rotatable bonds is 1. The van der Waals surface area contributed by atoms with Crippen molar-refractivity contribution in [2.24, 2.45) is 5.41 Å². The van der Waals surface area contributed by atoms with Gasteiger partial charge < -0.3 is 0 Å². The van der Waals surface area contributed by atoms with Gasteiger partial charge in [-0.3, -0.25) is 0 Å². The highest BCUT2D eigenvalue weighted by atomic mass is 16.1. The zero-order chi connectivity index (χ0) is 10.2. The van der Waals surface area contributed by atoms with E-state index in [9.17, 15) is 0 Å². The fourth-order valence-electron chi connectivity index (χ4n) is 0.742. The molecule has 0 saturated heterocycles. The third-order valence-corrected chi connectivity index (χ3v) is 0.983. The summed E-state index contributed by atoms with van der Waals surface area (Å²) in [6.45, 7) is 12.3. The van der Waals surface area contributed by atoms with Crippen LogP contribution in [0.25, 0.3) is 0 Å². The molecule has 0 bridgehead atoms. The average molecular weight is 167 g/mol. The van der Waals surface area contributed by atoms with Crippen molar-refractivity contribution in [2.75, 3.05) is 0 Å². The molecule has 68 valence electrons. The molecule has 0 fully saturated rings. The maximum Gasteiger partial charge on any atom is 0.231 e. The molecule has 0 radical (unpaired) electrons. The Labute approximate surface area is 74.5 Å². The topological polar surface area (TPSA) is 40.9 Å². The van der Waals surface area contributed by atoms with Crippen molar-refractivity contribution in [1.82, 2.24) is 0 Å². The molecular weight excluding hydrogens is 150 g/mol. The Morgan fingerprint density at radius 1 is 1.50 bits per heavy atom. The highest BCUT2D eigenvalue weighted by Crippen LogP contribution is 2.17. The van der Waals surface area contributed by atoms with Crippen molar-refractivity contribution >= 4 is 6.08 Å². The van der Waals surface area contributed by atoms with Gasteiger partial charge in [-0.2, -0.15) is 0 Å². The van der Waals surface area contributed by atoms with E-state index < -0.39 is 0 Å². The normalized spacial score (nSPS) is 10.8. The van der Waals surface area contributed by atoms with Crippen molar-refractivity contribution < 1.29 is 4.79 Å². The van der Waals surface area contributed by atoms with Gasteiger partial charge >= 0.3 is 0 Å². The van der Waals surface area contributed by atoms with Crippen LogP contribution in [0.4, 0.5) is 0 Å². The van der Waals surface area contributed by atoms with Crippen LogP contribution in [0.5, 0.6) is 0 Å². The van der Waals surface area contributed by atoms with Gasteiger partial charge in [0, 0.05) is 0 Å². The van der Waals surface area contributed by atoms with Crippen molar-refractivity contribution in [2.45, 2.75) is 27.7 Å². The first-order valence-corrected chi connectivity index (χ1v) is 3.73. The number of nitrogens with one attached hydrogen (secondary N) is 1. The highest BCUT2D eigenvalue weighted by Gasteiger charge is 2.03. The molecule has 0 atom stereocenters. The van der Waals surface area contributed by atoms with Gasteiger partial charge in [-0.05, 0) is 12.3 Å². The van der Waals surface area contributed by atoms with Gasteiger partial charge in [0.25, 0.3) is 0 Å². The van der Waals surface area contributed by atoms with E-state index in [1.807, 2.05) is 6.08 Å². The van der Waals surface area contributed by atoms with Crippen LogP contribution in [-0.4, -0.2) is 6.08 Å². The maximum absolute atomic E-state index is 8.35. The minimum Gasteiger partial charge on any atom is -0.222 e. The monoisotopic (exact) mass is 167 g/mol. The Bertz CT molecular complexity index is 190. The summed E-state index contributed by atoms with van der Waals surface area (Å²) in [6.07, 6.45) is 4.84. The second kappa shape index (κ2) is 6.56. The van der Waals surface area contributed by atoms with E-state index in [0.29, 0.717) is 0 Å². The van der Waals surface area contributed by atoms with Crippen LogP contribution in [0.1, 0.15) is 27.7 Å². The zero-order valence-corrected chi connectivity index (χ0v) is 8.27. The molecule has 0 aliphatic carbocycles. The Kier molecular flexibility index (Phi) is 7.36. The van der Waals surface area contributed by atoms with Gasteiger partial charge in [0.05, 0.1) is 0 Å². The van der Waals surface area contributed by atoms with E-state index in [-0.39, 0.29) is 5.41 Å². The Morgan fingerprint density at radius 3 is 1.92 bits per heavy atom. The first-order valence-electron chi connectivity index (χ1n) is 3.73. The summed E-state index contributed by atoms with van der Waals surface area (Å²) in [5.41, 5.74) is 1.54. The second-order valence-corrected chi connectivity index (χ2v) is 3.56. The van der Waals surface area contributed by atoms with Crippen LogP contribution >= 0.6 is 0 Å². The number of allylic oxidation sites excluding steroid dienone is 3. The highest BCUT2D eigenvalue weighted by molar-refractivity contribution is 5.26. The van der Waals surface area contributed by atoms with Gasteiger partial charge in [-0.15, -0.1) is 0 Å². The van der Waals surface area contributed by atoms with Crippen molar-refractivity contribution in [3.05, 3.63) is 24.3 Å². The van der Waals surface area contributed by atoms with Crippen LogP contribution < -0.4 is 0 Å². The van der Waals surface area contributed by atoms with Gasteiger partial charge in [0.15, 0.2) is 0 Å². The summed E-state index contributed by atoms with van der Waals surface area (Å²) in [6, 6.07) is 0. The largest absolute Gasteiger partial charge is 0.231 e. The van der Waals surface area contributed by atoms with Crippen molar-refractivity contribution in [3.63, 3.8) is 0 Å². The predicted molar refractivity (Wildman–Crippen MR) is 51.8 cm³/mol. The SMILES string of the molecule is C=CC(C)=CC(C)(C)C.N=C=O. The summed E-state index contributed by atoms with van der Waals surface area (Å²) in [5, 5.41) is 5.40. The molecule has 0 heterocycles. The number of isocyanates is 1. The molecule has 0 aromatic heterocycles. The third kappa shape index (κ3) is 15.9. The number of hydrogen-bond donors (Lipinski definition) is 1. The van der Waals surface area contributed by atoms with Gasteiger partial charge in [-0.25, -0.2) is 10.2 Å². The van der Waals surface area contributed by atoms with E-state index in [0.717, 1.165) is 6.08 Å². The summed E-state index contributed by atoms with van der Waals surface area (Å²) in [7, 11) is 0. The fraction of sp³-hybridized carbons (Fsp3) is 0.500. The molecule has 0 rings (SSSR count). The molecule has 12 heavy (non-hydrogen) atoms. The lowest BCUT2D eigenvalue weighted by Gasteiger charge is -2.12. The molecular formula is C10H17NO. The van der Waals surface area contributed by atoms with E-state index in [1.165, 1.54) is 5.57 Å². The molecule has 0 unspecified atom stereocenters. The average Bonchev–Trinajstić information content (AvgIpc) is 1.86. The molecule has 1 N–H and O–H groups in total. The minimum absolute atomic E-state index is 0.290. The number of hydrogen-bond acceptors (Lipinski definition) is 2. The molecule has 0 aliphatic heterocycles. The van der Waals surface area contributed by atoms with Crippen LogP contribution in [0.2, 0.25) is 0 Å². The molecule has 0 amide bonds. The van der Waals surface area contributed by atoms with Crippen LogP contribution in [-0.2, 0) is 4.79 Å². The minimum atomic E-state index is 0.290. The Balaban J connectivity index is 0. The second-order valence-electron chi connectivity index (χ2n) is 3.56. The smallest absolute Gasteiger partial charge is 0.222 e. The first-order chi connectivity index (χ1) is 5.37. The lowest BCUT2D eigenvalue weighted by molar-refractivity contribution is 0.541. The number of carbonyl (C=O) groups excluding carboxylic acids is 1. The molecule has 0 aliphatic rings. The van der Waals surface area contributed by atoms with E-state index in [4.69, 9.17) is 10.2 Å². The predicted octanol–water partition coefficient (Wildman–Crippen LogP) is 3.07. The van der Waals surface area contributed by atoms with Gasteiger partial charge in [-0.1, -0.05) is 45.1 Å².